The third kappa shape index (κ3) is 2.68. The molecule has 1 aromatic rings. The van der Waals surface area contributed by atoms with Crippen LogP contribution in [-0.2, 0) is 6.54 Å². The summed E-state index contributed by atoms with van der Waals surface area (Å²) in [5.41, 5.74) is 1.21. The van der Waals surface area contributed by atoms with E-state index in [0.717, 1.165) is 12.5 Å². The van der Waals surface area contributed by atoms with E-state index in [9.17, 15) is 0 Å². The average molecular weight is 165 g/mol. The molecule has 0 bridgehead atoms. The lowest BCUT2D eigenvalue weighted by Gasteiger charge is -2.05. The minimum atomic E-state index is 0.796. The smallest absolute Gasteiger partial charge is 0.113 e. The molecule has 0 aliphatic carbocycles. The Morgan fingerprint density at radius 3 is 2.83 bits per heavy atom. The van der Waals surface area contributed by atoms with Crippen molar-refractivity contribution in [2.75, 3.05) is 0 Å². The summed E-state index contributed by atoms with van der Waals surface area (Å²) in [7, 11) is 0. The summed E-state index contributed by atoms with van der Waals surface area (Å²) in [6.07, 6.45) is 5.34. The van der Waals surface area contributed by atoms with Crippen molar-refractivity contribution in [3.8, 4) is 0 Å². The maximum atomic E-state index is 4.10. The Balaban J connectivity index is 2.29. The van der Waals surface area contributed by atoms with Gasteiger partial charge < -0.3 is 0 Å². The van der Waals surface area contributed by atoms with Crippen LogP contribution in [0.2, 0.25) is 0 Å². The third-order valence-corrected chi connectivity index (χ3v) is 2.01. The minimum absolute atomic E-state index is 0.796. The number of nitrogens with zero attached hydrogens (tertiary/aromatic N) is 2. The molecular formula is C10H17N2. The molecule has 0 aliphatic rings. The van der Waals surface area contributed by atoms with E-state index in [0.29, 0.717) is 0 Å². The van der Waals surface area contributed by atoms with Crippen LogP contribution in [0.5, 0.6) is 0 Å². The summed E-state index contributed by atoms with van der Waals surface area (Å²) < 4.78 is 2.02. The van der Waals surface area contributed by atoms with Crippen molar-refractivity contribution < 1.29 is 0 Å². The highest BCUT2D eigenvalue weighted by atomic mass is 15.3. The van der Waals surface area contributed by atoms with Crippen molar-refractivity contribution in [2.24, 2.45) is 5.92 Å². The van der Waals surface area contributed by atoms with Gasteiger partial charge in [0.25, 0.3) is 0 Å². The third-order valence-electron chi connectivity index (χ3n) is 2.01. The van der Waals surface area contributed by atoms with Crippen molar-refractivity contribution in [1.82, 2.24) is 9.78 Å². The molecule has 0 saturated heterocycles. The number of aromatic nitrogens is 2. The molecule has 0 saturated carbocycles. The van der Waals surface area contributed by atoms with Crippen molar-refractivity contribution >= 4 is 0 Å². The van der Waals surface area contributed by atoms with Crippen LogP contribution in [0.1, 0.15) is 32.4 Å². The quantitative estimate of drug-likeness (QED) is 0.670. The Hall–Kier alpha value is -0.790. The summed E-state index contributed by atoms with van der Waals surface area (Å²) in [5.74, 6) is 0.796. The molecule has 0 N–H and O–H groups in total. The second-order valence-electron chi connectivity index (χ2n) is 3.67. The maximum Gasteiger partial charge on any atom is 0.113 e. The molecule has 0 fully saturated rings. The van der Waals surface area contributed by atoms with Crippen LogP contribution >= 0.6 is 0 Å². The van der Waals surface area contributed by atoms with Crippen LogP contribution in [-0.4, -0.2) is 9.78 Å². The molecule has 0 atom stereocenters. The van der Waals surface area contributed by atoms with Gasteiger partial charge in [0.05, 0.1) is 0 Å². The number of hydrogen-bond donors (Lipinski definition) is 0. The lowest BCUT2D eigenvalue weighted by atomic mass is 10.1. The van der Waals surface area contributed by atoms with Crippen LogP contribution < -0.4 is 0 Å². The first-order valence-electron chi connectivity index (χ1n) is 4.60. The molecule has 2 heteroatoms. The van der Waals surface area contributed by atoms with Gasteiger partial charge in [-0.25, -0.2) is 0 Å². The topological polar surface area (TPSA) is 17.8 Å². The zero-order valence-electron chi connectivity index (χ0n) is 8.17. The molecule has 67 valence electrons. The monoisotopic (exact) mass is 165 g/mol. The Bertz CT molecular complexity index is 225. The molecule has 0 aliphatic heterocycles. The predicted octanol–water partition coefficient (Wildman–Crippen LogP) is 2.43. The summed E-state index contributed by atoms with van der Waals surface area (Å²) in [4.78, 5) is 0. The highest BCUT2D eigenvalue weighted by Gasteiger charge is 1.98. The molecule has 0 amide bonds. The molecular weight excluding hydrogens is 148 g/mol. The van der Waals surface area contributed by atoms with Gasteiger partial charge in [0.1, 0.15) is 6.20 Å². The van der Waals surface area contributed by atoms with Gasteiger partial charge in [-0.15, -0.1) is 0 Å². The first kappa shape index (κ1) is 9.30. The molecule has 1 rings (SSSR count). The molecule has 1 heterocycles. The maximum absolute atomic E-state index is 4.10. The van der Waals surface area contributed by atoms with Gasteiger partial charge in [0, 0.05) is 12.2 Å². The zero-order chi connectivity index (χ0) is 8.97. The van der Waals surface area contributed by atoms with Crippen LogP contribution in [0, 0.1) is 19.0 Å². The fourth-order valence-electron chi connectivity index (χ4n) is 1.22. The average Bonchev–Trinajstić information content (AvgIpc) is 2.36. The van der Waals surface area contributed by atoms with E-state index in [1.165, 1.54) is 18.5 Å². The SMILES string of the molecule is Cc1c[c]nn1CCCC(C)C. The second kappa shape index (κ2) is 4.29. The van der Waals surface area contributed by atoms with Gasteiger partial charge >= 0.3 is 0 Å². The van der Waals surface area contributed by atoms with E-state index in [4.69, 9.17) is 0 Å². The van der Waals surface area contributed by atoms with E-state index in [1.807, 2.05) is 10.7 Å². The Morgan fingerprint density at radius 2 is 2.33 bits per heavy atom. The highest BCUT2D eigenvalue weighted by Crippen LogP contribution is 2.05. The molecule has 0 unspecified atom stereocenters. The second-order valence-corrected chi connectivity index (χ2v) is 3.67. The largest absolute Gasteiger partial charge is 0.269 e. The number of aryl methyl sites for hydroxylation is 2. The molecule has 1 radical (unpaired) electrons. The van der Waals surface area contributed by atoms with Gasteiger partial charge in [0.15, 0.2) is 0 Å². The Kier molecular flexibility index (Phi) is 3.32. The molecule has 12 heavy (non-hydrogen) atoms. The number of rotatable bonds is 4. The molecule has 2 nitrogen and oxygen atoms in total. The summed E-state index contributed by atoms with van der Waals surface area (Å²) >= 11 is 0. The number of hydrogen-bond acceptors (Lipinski definition) is 1. The minimum Gasteiger partial charge on any atom is -0.269 e. The standard InChI is InChI=1S/C10H17N2/c1-9(2)5-4-8-12-10(3)6-7-11-12/h6,9H,4-5,8H2,1-3H3. The van der Waals surface area contributed by atoms with Crippen LogP contribution in [0.15, 0.2) is 6.07 Å². The first-order valence-corrected chi connectivity index (χ1v) is 4.60. The van der Waals surface area contributed by atoms with Gasteiger partial charge in [-0.05, 0) is 31.7 Å². The van der Waals surface area contributed by atoms with E-state index >= 15 is 0 Å². The van der Waals surface area contributed by atoms with Crippen LogP contribution in [0.3, 0.4) is 0 Å². The van der Waals surface area contributed by atoms with Gasteiger partial charge in [-0.2, -0.15) is 5.10 Å². The highest BCUT2D eigenvalue weighted by molar-refractivity contribution is 4.94. The van der Waals surface area contributed by atoms with E-state index in [2.05, 4.69) is 32.1 Å². The van der Waals surface area contributed by atoms with E-state index < -0.39 is 0 Å². The van der Waals surface area contributed by atoms with Crippen LogP contribution in [0.4, 0.5) is 0 Å². The lowest BCUT2D eigenvalue weighted by molar-refractivity contribution is 0.484. The summed E-state index contributed by atoms with van der Waals surface area (Å²) in [6, 6.07) is 1.93. The van der Waals surface area contributed by atoms with Crippen LogP contribution in [0.25, 0.3) is 0 Å². The molecule has 1 aromatic heterocycles. The van der Waals surface area contributed by atoms with Crippen molar-refractivity contribution in [1.29, 1.82) is 0 Å². The lowest BCUT2D eigenvalue weighted by Crippen LogP contribution is -2.03. The zero-order valence-corrected chi connectivity index (χ0v) is 8.17. The summed E-state index contributed by atoms with van der Waals surface area (Å²) in [6.45, 7) is 7.61. The Labute approximate surface area is 74.6 Å². The van der Waals surface area contributed by atoms with Crippen molar-refractivity contribution in [2.45, 2.75) is 40.2 Å². The summed E-state index contributed by atoms with van der Waals surface area (Å²) in [5, 5.41) is 4.10. The van der Waals surface area contributed by atoms with E-state index in [1.54, 1.807) is 0 Å². The van der Waals surface area contributed by atoms with Gasteiger partial charge in [-0.3, -0.25) is 4.68 Å². The van der Waals surface area contributed by atoms with Crippen molar-refractivity contribution in [3.63, 3.8) is 0 Å². The van der Waals surface area contributed by atoms with Gasteiger partial charge in [-0.1, -0.05) is 13.8 Å². The Morgan fingerprint density at radius 1 is 1.58 bits per heavy atom. The molecule has 0 aromatic carbocycles. The van der Waals surface area contributed by atoms with Crippen molar-refractivity contribution in [3.05, 3.63) is 18.0 Å². The van der Waals surface area contributed by atoms with Gasteiger partial charge in [0.2, 0.25) is 0 Å². The fraction of sp³-hybridized carbons (Fsp3) is 0.700. The van der Waals surface area contributed by atoms with E-state index in [-0.39, 0.29) is 0 Å². The first-order chi connectivity index (χ1) is 5.70. The predicted molar refractivity (Wildman–Crippen MR) is 49.9 cm³/mol. The normalized spacial score (nSPS) is 11.0. The fourth-order valence-corrected chi connectivity index (χ4v) is 1.22. The molecule has 0 spiro atoms.